The average molecular weight is 472 g/mol. The molecule has 2 atom stereocenters. The maximum Gasteiger partial charge on any atom is 0.244 e. The third-order valence-corrected chi connectivity index (χ3v) is 8.76. The second kappa shape index (κ2) is 7.40. The number of carbonyl (C=O) groups excluding carboxylic acids is 1. The van der Waals surface area contributed by atoms with Gasteiger partial charge in [0.05, 0.1) is 21.2 Å². The molecule has 1 aliphatic heterocycles. The zero-order valence-electron chi connectivity index (χ0n) is 14.9. The van der Waals surface area contributed by atoms with Gasteiger partial charge >= 0.3 is 0 Å². The number of rotatable bonds is 5. The SMILES string of the molecule is N#CC1(NC(=O)[C@@H]2C[C@@H](S(=O)(=O)c3ccccc3Cl)CN2c2nc(Cl)ns2)CC1. The van der Waals surface area contributed by atoms with Gasteiger partial charge in [0.2, 0.25) is 16.3 Å². The lowest BCUT2D eigenvalue weighted by Gasteiger charge is -2.23. The zero-order chi connectivity index (χ0) is 20.8. The third kappa shape index (κ3) is 3.80. The van der Waals surface area contributed by atoms with Gasteiger partial charge in [-0.1, -0.05) is 23.7 Å². The number of carbonyl (C=O) groups is 1. The van der Waals surface area contributed by atoms with Crippen molar-refractivity contribution in [1.29, 1.82) is 5.26 Å². The maximum absolute atomic E-state index is 13.2. The summed E-state index contributed by atoms with van der Waals surface area (Å²) in [5.41, 5.74) is -0.860. The Morgan fingerprint density at radius 3 is 2.66 bits per heavy atom. The Balaban J connectivity index is 1.66. The number of nitrogens with zero attached hydrogens (tertiary/aromatic N) is 4. The average Bonchev–Trinajstić information content (AvgIpc) is 3.10. The van der Waals surface area contributed by atoms with E-state index < -0.39 is 32.6 Å². The fourth-order valence-corrected chi connectivity index (χ4v) is 6.44. The van der Waals surface area contributed by atoms with Gasteiger partial charge in [0.15, 0.2) is 9.84 Å². The van der Waals surface area contributed by atoms with Crippen LogP contribution in [0.3, 0.4) is 0 Å². The summed E-state index contributed by atoms with van der Waals surface area (Å²) in [6.45, 7) is 0.0384. The van der Waals surface area contributed by atoms with E-state index in [1.54, 1.807) is 17.0 Å². The van der Waals surface area contributed by atoms with Gasteiger partial charge in [-0.3, -0.25) is 4.79 Å². The van der Waals surface area contributed by atoms with Crippen molar-refractivity contribution in [3.63, 3.8) is 0 Å². The number of nitriles is 1. The van der Waals surface area contributed by atoms with Crippen molar-refractivity contribution in [3.05, 3.63) is 34.6 Å². The number of aromatic nitrogens is 2. The smallest absolute Gasteiger partial charge is 0.244 e. The molecule has 2 fully saturated rings. The van der Waals surface area contributed by atoms with Crippen LogP contribution in [-0.4, -0.2) is 47.1 Å². The van der Waals surface area contributed by atoms with Crippen LogP contribution in [0.15, 0.2) is 29.2 Å². The van der Waals surface area contributed by atoms with E-state index in [-0.39, 0.29) is 28.2 Å². The van der Waals surface area contributed by atoms with Crippen LogP contribution in [0.1, 0.15) is 19.3 Å². The standard InChI is InChI=1S/C17H15Cl2N5O3S2/c18-11-3-1-2-4-13(11)29(26,27)10-7-12(14(25)22-17(9-20)5-6-17)24(8-10)16-21-15(19)23-28-16/h1-4,10,12H,5-8H2,(H,22,25)/t10-,12+/m1/s1. The van der Waals surface area contributed by atoms with E-state index in [1.807, 2.05) is 0 Å². The van der Waals surface area contributed by atoms with Gasteiger partial charge in [0.1, 0.15) is 11.6 Å². The highest BCUT2D eigenvalue weighted by Crippen LogP contribution is 2.38. The fourth-order valence-electron chi connectivity index (χ4n) is 3.36. The van der Waals surface area contributed by atoms with Gasteiger partial charge in [-0.05, 0) is 43.0 Å². The van der Waals surface area contributed by atoms with Crippen molar-refractivity contribution in [3.8, 4) is 6.07 Å². The number of sulfone groups is 1. The molecule has 0 unspecified atom stereocenters. The lowest BCUT2D eigenvalue weighted by molar-refractivity contribution is -0.122. The quantitative estimate of drug-likeness (QED) is 0.711. The minimum atomic E-state index is -3.80. The number of anilines is 1. The molecule has 152 valence electrons. The number of nitrogens with one attached hydrogen (secondary N) is 1. The molecule has 2 heterocycles. The van der Waals surface area contributed by atoms with Crippen LogP contribution in [0.5, 0.6) is 0 Å². The van der Waals surface area contributed by atoms with Gasteiger partial charge in [0, 0.05) is 18.1 Å². The summed E-state index contributed by atoms with van der Waals surface area (Å²) >= 11 is 12.9. The number of halogens is 2. The normalized spacial score (nSPS) is 22.9. The highest BCUT2D eigenvalue weighted by molar-refractivity contribution is 7.92. The minimum Gasteiger partial charge on any atom is -0.336 e. The van der Waals surface area contributed by atoms with Crippen molar-refractivity contribution in [2.75, 3.05) is 11.4 Å². The molecule has 0 spiro atoms. The second-order valence-corrected chi connectivity index (χ2v) is 10.7. The van der Waals surface area contributed by atoms with Gasteiger partial charge in [0.25, 0.3) is 0 Å². The van der Waals surface area contributed by atoms with Crippen molar-refractivity contribution in [2.24, 2.45) is 0 Å². The van der Waals surface area contributed by atoms with Crippen molar-refractivity contribution >= 4 is 55.6 Å². The number of amides is 1. The van der Waals surface area contributed by atoms with E-state index >= 15 is 0 Å². The Bertz CT molecular complexity index is 1110. The largest absolute Gasteiger partial charge is 0.336 e. The predicted molar refractivity (Wildman–Crippen MR) is 109 cm³/mol. The lowest BCUT2D eigenvalue weighted by atomic mass is 10.2. The van der Waals surface area contributed by atoms with Crippen molar-refractivity contribution in [1.82, 2.24) is 14.7 Å². The first-order valence-electron chi connectivity index (χ1n) is 8.73. The van der Waals surface area contributed by atoms with E-state index in [2.05, 4.69) is 20.7 Å². The molecular formula is C17H15Cl2N5O3S2. The predicted octanol–water partition coefficient (Wildman–Crippen LogP) is 2.44. The Hall–Kier alpha value is -1.93. The molecule has 2 aliphatic rings. The van der Waals surface area contributed by atoms with Gasteiger partial charge < -0.3 is 10.2 Å². The Morgan fingerprint density at radius 2 is 2.07 bits per heavy atom. The number of benzene rings is 1. The Labute approximate surface area is 181 Å². The van der Waals surface area contributed by atoms with Gasteiger partial charge in [-0.15, -0.1) is 0 Å². The molecule has 0 bridgehead atoms. The molecule has 2 aromatic rings. The van der Waals surface area contributed by atoms with E-state index in [4.69, 9.17) is 23.2 Å². The summed E-state index contributed by atoms with van der Waals surface area (Å²) in [6.07, 6.45) is 1.19. The minimum absolute atomic E-state index is 0.0252. The number of hydrogen-bond acceptors (Lipinski definition) is 8. The molecule has 1 amide bonds. The Morgan fingerprint density at radius 1 is 1.34 bits per heavy atom. The van der Waals surface area contributed by atoms with Crippen LogP contribution in [0, 0.1) is 11.3 Å². The van der Waals surface area contributed by atoms with E-state index in [9.17, 15) is 18.5 Å². The molecule has 12 heteroatoms. The molecule has 29 heavy (non-hydrogen) atoms. The van der Waals surface area contributed by atoms with E-state index in [1.165, 1.54) is 12.1 Å². The first-order chi connectivity index (χ1) is 13.8. The summed E-state index contributed by atoms with van der Waals surface area (Å²) < 4.78 is 30.3. The van der Waals surface area contributed by atoms with Crippen LogP contribution < -0.4 is 10.2 Å². The third-order valence-electron chi connectivity index (χ3n) is 5.11. The molecular weight excluding hydrogens is 457 g/mol. The van der Waals surface area contributed by atoms with Crippen LogP contribution in [0.25, 0.3) is 0 Å². The summed E-state index contributed by atoms with van der Waals surface area (Å²) in [6, 6.07) is 7.51. The first-order valence-corrected chi connectivity index (χ1v) is 11.8. The molecule has 1 aliphatic carbocycles. The van der Waals surface area contributed by atoms with Gasteiger partial charge in [-0.25, -0.2) is 8.42 Å². The molecule has 4 rings (SSSR count). The topological polar surface area (TPSA) is 116 Å². The van der Waals surface area contributed by atoms with Crippen LogP contribution >= 0.6 is 34.7 Å². The molecule has 8 nitrogen and oxygen atoms in total. The molecule has 1 aromatic heterocycles. The maximum atomic E-state index is 13.2. The van der Waals surface area contributed by atoms with Crippen molar-refractivity contribution < 1.29 is 13.2 Å². The second-order valence-electron chi connectivity index (χ2n) is 7.03. The van der Waals surface area contributed by atoms with Crippen LogP contribution in [0.4, 0.5) is 5.13 Å². The monoisotopic (exact) mass is 471 g/mol. The molecule has 1 aromatic carbocycles. The Kier molecular flexibility index (Phi) is 5.19. The van der Waals surface area contributed by atoms with Crippen LogP contribution in [0.2, 0.25) is 10.3 Å². The number of hydrogen-bond donors (Lipinski definition) is 1. The molecule has 0 radical (unpaired) electrons. The summed E-state index contributed by atoms with van der Waals surface area (Å²) in [7, 11) is -3.80. The highest BCUT2D eigenvalue weighted by atomic mass is 35.5. The highest BCUT2D eigenvalue weighted by Gasteiger charge is 2.50. The molecule has 1 N–H and O–H groups in total. The molecule has 1 saturated carbocycles. The summed E-state index contributed by atoms with van der Waals surface area (Å²) in [5, 5.41) is 11.7. The van der Waals surface area contributed by atoms with Gasteiger partial charge in [-0.2, -0.15) is 14.6 Å². The molecule has 1 saturated heterocycles. The van der Waals surface area contributed by atoms with Crippen LogP contribution in [-0.2, 0) is 14.6 Å². The fraction of sp³-hybridized carbons (Fsp3) is 0.412. The summed E-state index contributed by atoms with van der Waals surface area (Å²) in [4.78, 5) is 18.6. The van der Waals surface area contributed by atoms with Crippen molar-refractivity contribution in [2.45, 2.75) is 41.0 Å². The first kappa shape index (κ1) is 20.3. The lowest BCUT2D eigenvalue weighted by Crippen LogP contribution is -2.47. The van der Waals surface area contributed by atoms with E-state index in [0.29, 0.717) is 18.0 Å². The van der Waals surface area contributed by atoms with E-state index in [0.717, 1.165) is 11.5 Å². The summed E-state index contributed by atoms with van der Waals surface area (Å²) in [5.74, 6) is -0.410. The zero-order valence-corrected chi connectivity index (χ0v) is 18.0.